The van der Waals surface area contributed by atoms with Gasteiger partial charge in [0.05, 0.1) is 17.9 Å². The van der Waals surface area contributed by atoms with Gasteiger partial charge in [0.25, 0.3) is 10.0 Å². The number of H-pyrrole nitrogens is 1. The van der Waals surface area contributed by atoms with E-state index < -0.39 is 10.0 Å². The Bertz CT molecular complexity index is 942. The van der Waals surface area contributed by atoms with Gasteiger partial charge in [-0.05, 0) is 30.9 Å². The number of benzene rings is 1. The van der Waals surface area contributed by atoms with E-state index in [2.05, 4.69) is 20.0 Å². The molecule has 24 heavy (non-hydrogen) atoms. The zero-order valence-corrected chi connectivity index (χ0v) is 13.7. The average molecular weight is 343 g/mol. The fourth-order valence-corrected chi connectivity index (χ4v) is 3.92. The molecule has 124 valence electrons. The summed E-state index contributed by atoms with van der Waals surface area (Å²) in [5.41, 5.74) is 1.69. The molecule has 1 aliphatic rings. The topological polar surface area (TPSA) is 92.7 Å². The van der Waals surface area contributed by atoms with E-state index in [1.54, 1.807) is 10.7 Å². The highest BCUT2D eigenvalue weighted by Gasteiger charge is 2.28. The maximum Gasteiger partial charge on any atom is 0.280 e. The van der Waals surface area contributed by atoms with Gasteiger partial charge in [-0.2, -0.15) is 18.6 Å². The highest BCUT2D eigenvalue weighted by molar-refractivity contribution is 7.92. The predicted molar refractivity (Wildman–Crippen MR) is 89.9 cm³/mol. The van der Waals surface area contributed by atoms with Crippen LogP contribution < -0.4 is 4.72 Å². The molecule has 0 aliphatic heterocycles. The summed E-state index contributed by atoms with van der Waals surface area (Å²) >= 11 is 0. The van der Waals surface area contributed by atoms with Gasteiger partial charge >= 0.3 is 0 Å². The van der Waals surface area contributed by atoms with E-state index in [1.165, 1.54) is 12.3 Å². The summed E-state index contributed by atoms with van der Waals surface area (Å²) in [6, 6.07) is 13.0. The minimum Gasteiger partial charge on any atom is -0.276 e. The molecule has 1 aromatic carbocycles. The molecule has 3 aromatic rings. The first-order valence-electron chi connectivity index (χ1n) is 7.81. The SMILES string of the molecule is O=S(=O)(Nc1cc(-c2ccccc2)[nH]n1)c1ccnn1C1CCC1. The van der Waals surface area contributed by atoms with Crippen molar-refractivity contribution in [2.24, 2.45) is 0 Å². The number of hydrogen-bond acceptors (Lipinski definition) is 4. The van der Waals surface area contributed by atoms with Gasteiger partial charge in [0.1, 0.15) is 0 Å². The van der Waals surface area contributed by atoms with Crippen molar-refractivity contribution in [2.75, 3.05) is 4.72 Å². The van der Waals surface area contributed by atoms with Crippen molar-refractivity contribution < 1.29 is 8.42 Å². The van der Waals surface area contributed by atoms with Crippen molar-refractivity contribution in [3.8, 4) is 11.3 Å². The Balaban J connectivity index is 1.59. The fraction of sp³-hybridized carbons (Fsp3) is 0.250. The summed E-state index contributed by atoms with van der Waals surface area (Å²) in [7, 11) is -3.72. The molecule has 0 spiro atoms. The first-order chi connectivity index (χ1) is 11.6. The number of hydrogen-bond donors (Lipinski definition) is 2. The van der Waals surface area contributed by atoms with Crippen LogP contribution in [0.5, 0.6) is 0 Å². The first kappa shape index (κ1) is 14.9. The molecule has 7 nitrogen and oxygen atoms in total. The van der Waals surface area contributed by atoms with Crippen LogP contribution in [0.25, 0.3) is 11.3 Å². The summed E-state index contributed by atoms with van der Waals surface area (Å²) in [5, 5.41) is 11.2. The second-order valence-electron chi connectivity index (χ2n) is 5.84. The Hall–Kier alpha value is -2.61. The van der Waals surface area contributed by atoms with Crippen LogP contribution in [0.1, 0.15) is 25.3 Å². The molecule has 0 amide bonds. The predicted octanol–water partition coefficient (Wildman–Crippen LogP) is 2.80. The summed E-state index contributed by atoms with van der Waals surface area (Å²) in [6.45, 7) is 0. The monoisotopic (exact) mass is 343 g/mol. The van der Waals surface area contributed by atoms with E-state index >= 15 is 0 Å². The second kappa shape index (κ2) is 5.79. The van der Waals surface area contributed by atoms with Gasteiger partial charge in [-0.15, -0.1) is 0 Å². The molecule has 0 saturated heterocycles. The summed E-state index contributed by atoms with van der Waals surface area (Å²) in [4.78, 5) is 0. The number of aromatic amines is 1. The number of rotatable bonds is 5. The molecule has 2 N–H and O–H groups in total. The van der Waals surface area contributed by atoms with Crippen molar-refractivity contribution >= 4 is 15.8 Å². The Morgan fingerprint density at radius 1 is 1.17 bits per heavy atom. The van der Waals surface area contributed by atoms with E-state index in [1.807, 2.05) is 30.3 Å². The molecule has 1 aliphatic carbocycles. The lowest BCUT2D eigenvalue weighted by atomic mass is 9.93. The van der Waals surface area contributed by atoms with Crippen molar-refractivity contribution in [2.45, 2.75) is 30.3 Å². The third kappa shape index (κ3) is 2.69. The molecule has 0 unspecified atom stereocenters. The summed E-state index contributed by atoms with van der Waals surface area (Å²) < 4.78 is 29.4. The molecule has 2 heterocycles. The zero-order valence-electron chi connectivity index (χ0n) is 12.9. The van der Waals surface area contributed by atoms with E-state index in [9.17, 15) is 8.42 Å². The smallest absolute Gasteiger partial charge is 0.276 e. The van der Waals surface area contributed by atoms with Gasteiger partial charge in [-0.1, -0.05) is 30.3 Å². The molecule has 2 aromatic heterocycles. The minimum atomic E-state index is -3.72. The largest absolute Gasteiger partial charge is 0.280 e. The minimum absolute atomic E-state index is 0.172. The van der Waals surface area contributed by atoms with Crippen LogP contribution in [0.15, 0.2) is 53.7 Å². The number of nitrogens with one attached hydrogen (secondary N) is 2. The van der Waals surface area contributed by atoms with Crippen molar-refractivity contribution in [1.29, 1.82) is 0 Å². The Labute approximate surface area is 139 Å². The van der Waals surface area contributed by atoms with Crippen molar-refractivity contribution in [1.82, 2.24) is 20.0 Å². The van der Waals surface area contributed by atoms with Gasteiger partial charge in [0.2, 0.25) is 0 Å². The average Bonchev–Trinajstić information content (AvgIpc) is 3.16. The molecule has 0 bridgehead atoms. The van der Waals surface area contributed by atoms with Gasteiger partial charge in [0.15, 0.2) is 10.8 Å². The number of aromatic nitrogens is 4. The maximum atomic E-state index is 12.6. The lowest BCUT2D eigenvalue weighted by Gasteiger charge is -2.27. The molecule has 4 rings (SSSR count). The van der Waals surface area contributed by atoms with E-state index in [-0.39, 0.29) is 16.9 Å². The van der Waals surface area contributed by atoms with Crippen LogP contribution in [0, 0.1) is 0 Å². The third-order valence-corrected chi connectivity index (χ3v) is 5.58. The lowest BCUT2D eigenvalue weighted by Crippen LogP contribution is -2.24. The number of nitrogens with zero attached hydrogens (tertiary/aromatic N) is 3. The maximum absolute atomic E-state index is 12.6. The molecule has 0 radical (unpaired) electrons. The number of sulfonamides is 1. The van der Waals surface area contributed by atoms with Gasteiger partial charge in [0, 0.05) is 6.07 Å². The van der Waals surface area contributed by atoms with Crippen molar-refractivity contribution in [3.05, 3.63) is 48.7 Å². The Morgan fingerprint density at radius 2 is 1.96 bits per heavy atom. The molecule has 0 atom stereocenters. The Morgan fingerprint density at radius 3 is 2.67 bits per heavy atom. The standard InChI is InChI=1S/C16H17N5O2S/c22-24(23,16-9-10-17-21(16)13-7-4-8-13)20-15-11-14(18-19-15)12-5-2-1-3-6-12/h1-3,5-6,9-11,13H,4,7-8H2,(H2,18,19,20). The lowest BCUT2D eigenvalue weighted by molar-refractivity contribution is 0.271. The third-order valence-electron chi connectivity index (χ3n) is 4.23. The van der Waals surface area contributed by atoms with Gasteiger partial charge in [-0.25, -0.2) is 4.68 Å². The fourth-order valence-electron chi connectivity index (χ4n) is 2.75. The zero-order chi connectivity index (χ0) is 16.6. The van der Waals surface area contributed by atoms with E-state index in [0.717, 1.165) is 30.5 Å². The Kier molecular flexibility index (Phi) is 3.61. The second-order valence-corrected chi connectivity index (χ2v) is 7.47. The van der Waals surface area contributed by atoms with E-state index in [0.29, 0.717) is 0 Å². The molecule has 1 fully saturated rings. The van der Waals surface area contributed by atoms with Gasteiger partial charge in [-0.3, -0.25) is 9.82 Å². The molecular formula is C16H17N5O2S. The summed E-state index contributed by atoms with van der Waals surface area (Å²) in [6.07, 6.45) is 4.56. The quantitative estimate of drug-likeness (QED) is 0.745. The van der Waals surface area contributed by atoms with Crippen molar-refractivity contribution in [3.63, 3.8) is 0 Å². The first-order valence-corrected chi connectivity index (χ1v) is 9.29. The molecule has 8 heteroatoms. The van der Waals surface area contributed by atoms with Crippen LogP contribution >= 0.6 is 0 Å². The highest BCUT2D eigenvalue weighted by atomic mass is 32.2. The summed E-state index contributed by atoms with van der Waals surface area (Å²) in [5.74, 6) is 0.259. The van der Waals surface area contributed by atoms with Crippen LogP contribution in [0.4, 0.5) is 5.82 Å². The molecular weight excluding hydrogens is 326 g/mol. The molecule has 1 saturated carbocycles. The van der Waals surface area contributed by atoms with E-state index in [4.69, 9.17) is 0 Å². The van der Waals surface area contributed by atoms with Crippen LogP contribution in [-0.4, -0.2) is 28.4 Å². The van der Waals surface area contributed by atoms with Crippen LogP contribution in [-0.2, 0) is 10.0 Å². The number of anilines is 1. The normalized spacial score (nSPS) is 15.2. The van der Waals surface area contributed by atoms with Crippen LogP contribution in [0.3, 0.4) is 0 Å². The van der Waals surface area contributed by atoms with Crippen LogP contribution in [0.2, 0.25) is 0 Å². The highest BCUT2D eigenvalue weighted by Crippen LogP contribution is 2.33. The van der Waals surface area contributed by atoms with Gasteiger partial charge < -0.3 is 0 Å².